The molecule has 0 aromatic heterocycles. The Hall–Kier alpha value is -1.02. The van der Waals surface area contributed by atoms with Crippen LogP contribution in [0.4, 0.5) is 5.69 Å². The van der Waals surface area contributed by atoms with Gasteiger partial charge >= 0.3 is 0 Å². The summed E-state index contributed by atoms with van der Waals surface area (Å²) in [6, 6.07) is 8.71. The molecular weight excluding hydrogens is 220 g/mol. The molecule has 0 saturated carbocycles. The number of anilines is 1. The van der Waals surface area contributed by atoms with Gasteiger partial charge in [-0.25, -0.2) is 0 Å². The summed E-state index contributed by atoms with van der Waals surface area (Å²) in [5.41, 5.74) is 2.76. The van der Waals surface area contributed by atoms with Gasteiger partial charge in [0.05, 0.1) is 0 Å². The number of nitrogens with zero attached hydrogens (tertiary/aromatic N) is 1. The minimum atomic E-state index is 0.589. The second-order valence-corrected chi connectivity index (χ2v) is 5.87. The highest BCUT2D eigenvalue weighted by atomic mass is 15.1. The van der Waals surface area contributed by atoms with Crippen LogP contribution in [-0.2, 0) is 0 Å². The number of piperidine rings is 1. The van der Waals surface area contributed by atoms with E-state index in [0.717, 1.165) is 12.5 Å². The van der Waals surface area contributed by atoms with Crippen molar-refractivity contribution in [3.8, 4) is 0 Å². The maximum absolute atomic E-state index is 3.66. The zero-order valence-electron chi connectivity index (χ0n) is 11.9. The summed E-state index contributed by atoms with van der Waals surface area (Å²) in [6.45, 7) is 8.14. The van der Waals surface area contributed by atoms with Gasteiger partial charge in [0.1, 0.15) is 0 Å². The third kappa shape index (κ3) is 3.49. The predicted molar refractivity (Wildman–Crippen MR) is 79.2 cm³/mol. The summed E-state index contributed by atoms with van der Waals surface area (Å²) in [5, 5.41) is 3.66. The normalized spacial score (nSPS) is 18.2. The van der Waals surface area contributed by atoms with Crippen molar-refractivity contribution >= 4 is 5.69 Å². The van der Waals surface area contributed by atoms with Gasteiger partial charge in [-0.2, -0.15) is 0 Å². The maximum atomic E-state index is 3.66. The topological polar surface area (TPSA) is 15.3 Å². The number of likely N-dealkylation sites (tertiary alicyclic amines) is 1. The van der Waals surface area contributed by atoms with Crippen LogP contribution in [0.25, 0.3) is 0 Å². The minimum Gasteiger partial charge on any atom is -0.385 e. The van der Waals surface area contributed by atoms with Crippen LogP contribution < -0.4 is 5.32 Å². The molecule has 0 bridgehead atoms. The first-order valence-corrected chi connectivity index (χ1v) is 7.18. The van der Waals surface area contributed by atoms with Gasteiger partial charge in [0, 0.05) is 12.2 Å². The Bertz CT molecular complexity index is 365. The lowest BCUT2D eigenvalue weighted by Crippen LogP contribution is -2.33. The Morgan fingerprint density at radius 1 is 1.22 bits per heavy atom. The minimum absolute atomic E-state index is 0.589. The molecule has 0 spiro atoms. The lowest BCUT2D eigenvalue weighted by molar-refractivity contribution is 0.226. The molecule has 1 aromatic rings. The molecule has 1 N–H and O–H groups in total. The van der Waals surface area contributed by atoms with Crippen molar-refractivity contribution in [3.05, 3.63) is 29.8 Å². The SMILES string of the molecule is CC(C)c1ccccc1NCC1CCN(C)CC1. The molecule has 0 atom stereocenters. The molecule has 0 unspecified atom stereocenters. The Kier molecular flexibility index (Phi) is 4.65. The molecule has 1 heterocycles. The van der Waals surface area contributed by atoms with E-state index in [-0.39, 0.29) is 0 Å². The zero-order chi connectivity index (χ0) is 13.0. The standard InChI is InChI=1S/C16H26N2/c1-13(2)15-6-4-5-7-16(15)17-12-14-8-10-18(3)11-9-14/h4-7,13-14,17H,8-12H2,1-3H3. The molecule has 1 fully saturated rings. The van der Waals surface area contributed by atoms with Crippen LogP contribution in [0.1, 0.15) is 38.2 Å². The monoisotopic (exact) mass is 246 g/mol. The van der Waals surface area contributed by atoms with Gasteiger partial charge in [0.25, 0.3) is 0 Å². The molecule has 18 heavy (non-hydrogen) atoms. The molecule has 2 nitrogen and oxygen atoms in total. The van der Waals surface area contributed by atoms with Gasteiger partial charge in [0.15, 0.2) is 0 Å². The van der Waals surface area contributed by atoms with Crippen LogP contribution in [0.3, 0.4) is 0 Å². The maximum Gasteiger partial charge on any atom is 0.0375 e. The Balaban J connectivity index is 1.90. The van der Waals surface area contributed by atoms with E-state index in [2.05, 4.69) is 55.4 Å². The highest BCUT2D eigenvalue weighted by Gasteiger charge is 2.16. The van der Waals surface area contributed by atoms with Gasteiger partial charge in [0.2, 0.25) is 0 Å². The smallest absolute Gasteiger partial charge is 0.0375 e. The fourth-order valence-corrected chi connectivity index (χ4v) is 2.68. The van der Waals surface area contributed by atoms with E-state index in [4.69, 9.17) is 0 Å². The van der Waals surface area contributed by atoms with Crippen LogP contribution in [0.15, 0.2) is 24.3 Å². The molecule has 2 heteroatoms. The molecule has 0 aliphatic carbocycles. The highest BCUT2D eigenvalue weighted by Crippen LogP contribution is 2.25. The van der Waals surface area contributed by atoms with E-state index in [1.54, 1.807) is 0 Å². The third-order valence-corrected chi connectivity index (χ3v) is 4.00. The van der Waals surface area contributed by atoms with Gasteiger partial charge in [-0.05, 0) is 56.4 Å². The van der Waals surface area contributed by atoms with E-state index in [0.29, 0.717) is 5.92 Å². The predicted octanol–water partition coefficient (Wildman–Crippen LogP) is 3.56. The number of nitrogens with one attached hydrogen (secondary N) is 1. The Morgan fingerprint density at radius 2 is 1.89 bits per heavy atom. The number of rotatable bonds is 4. The van der Waals surface area contributed by atoms with Crippen LogP contribution in [0, 0.1) is 5.92 Å². The largest absolute Gasteiger partial charge is 0.385 e. The van der Waals surface area contributed by atoms with Gasteiger partial charge in [-0.3, -0.25) is 0 Å². The zero-order valence-corrected chi connectivity index (χ0v) is 11.9. The molecule has 2 rings (SSSR count). The fourth-order valence-electron chi connectivity index (χ4n) is 2.68. The lowest BCUT2D eigenvalue weighted by Gasteiger charge is -2.29. The second-order valence-electron chi connectivity index (χ2n) is 5.87. The van der Waals surface area contributed by atoms with Gasteiger partial charge in [-0.1, -0.05) is 32.0 Å². The molecule has 0 amide bonds. The van der Waals surface area contributed by atoms with Crippen LogP contribution in [0.2, 0.25) is 0 Å². The molecule has 100 valence electrons. The Morgan fingerprint density at radius 3 is 2.56 bits per heavy atom. The van der Waals surface area contributed by atoms with Crippen molar-refractivity contribution in [2.24, 2.45) is 5.92 Å². The number of hydrogen-bond acceptors (Lipinski definition) is 2. The lowest BCUT2D eigenvalue weighted by atomic mass is 9.96. The molecule has 1 saturated heterocycles. The third-order valence-electron chi connectivity index (χ3n) is 4.00. The van der Waals surface area contributed by atoms with Gasteiger partial charge < -0.3 is 10.2 Å². The van der Waals surface area contributed by atoms with Crippen molar-refractivity contribution in [1.29, 1.82) is 0 Å². The van der Waals surface area contributed by atoms with Gasteiger partial charge in [-0.15, -0.1) is 0 Å². The summed E-state index contributed by atoms with van der Waals surface area (Å²) >= 11 is 0. The first-order valence-electron chi connectivity index (χ1n) is 7.18. The number of para-hydroxylation sites is 1. The average Bonchev–Trinajstić information content (AvgIpc) is 2.38. The quantitative estimate of drug-likeness (QED) is 0.874. The summed E-state index contributed by atoms with van der Waals surface area (Å²) in [5.74, 6) is 1.42. The Labute approximate surface area is 111 Å². The van der Waals surface area contributed by atoms with Crippen molar-refractivity contribution in [3.63, 3.8) is 0 Å². The molecule has 1 aromatic carbocycles. The highest BCUT2D eigenvalue weighted by molar-refractivity contribution is 5.52. The average molecular weight is 246 g/mol. The van der Waals surface area contributed by atoms with Crippen molar-refractivity contribution in [2.45, 2.75) is 32.6 Å². The van der Waals surface area contributed by atoms with E-state index in [1.807, 2.05) is 0 Å². The van der Waals surface area contributed by atoms with Crippen molar-refractivity contribution in [2.75, 3.05) is 32.0 Å². The first-order chi connectivity index (χ1) is 8.66. The van der Waals surface area contributed by atoms with Crippen molar-refractivity contribution in [1.82, 2.24) is 4.90 Å². The number of benzene rings is 1. The second kappa shape index (κ2) is 6.24. The molecule has 1 aliphatic heterocycles. The fraction of sp³-hybridized carbons (Fsp3) is 0.625. The van der Waals surface area contributed by atoms with E-state index >= 15 is 0 Å². The summed E-state index contributed by atoms with van der Waals surface area (Å²) in [4.78, 5) is 2.43. The molecular formula is C16H26N2. The first kappa shape index (κ1) is 13.4. The van der Waals surface area contributed by atoms with Crippen LogP contribution in [0.5, 0.6) is 0 Å². The molecule has 1 aliphatic rings. The van der Waals surface area contributed by atoms with E-state index in [9.17, 15) is 0 Å². The summed E-state index contributed by atoms with van der Waals surface area (Å²) in [6.07, 6.45) is 2.65. The van der Waals surface area contributed by atoms with Crippen LogP contribution in [-0.4, -0.2) is 31.6 Å². The number of hydrogen-bond donors (Lipinski definition) is 1. The van der Waals surface area contributed by atoms with Crippen molar-refractivity contribution < 1.29 is 0 Å². The van der Waals surface area contributed by atoms with E-state index < -0.39 is 0 Å². The van der Waals surface area contributed by atoms with Crippen LogP contribution >= 0.6 is 0 Å². The van der Waals surface area contributed by atoms with E-state index in [1.165, 1.54) is 37.2 Å². The summed E-state index contributed by atoms with van der Waals surface area (Å²) in [7, 11) is 2.22. The summed E-state index contributed by atoms with van der Waals surface area (Å²) < 4.78 is 0. The molecule has 0 radical (unpaired) electrons.